The zero-order valence-corrected chi connectivity index (χ0v) is 15.9. The third-order valence-electron chi connectivity index (χ3n) is 5.28. The van der Waals surface area contributed by atoms with Crippen LogP contribution in [0.4, 0.5) is 0 Å². The molecule has 0 radical (unpaired) electrons. The van der Waals surface area contributed by atoms with Gasteiger partial charge in [-0.2, -0.15) is 0 Å². The molecule has 0 aliphatic carbocycles. The first-order chi connectivity index (χ1) is 12.2. The predicted octanol–water partition coefficient (Wildman–Crippen LogP) is 4.04. The number of halogens is 1. The summed E-state index contributed by atoms with van der Waals surface area (Å²) in [6, 6.07) is 18.4. The van der Waals surface area contributed by atoms with E-state index in [-0.39, 0.29) is 5.91 Å². The maximum Gasteiger partial charge on any atom is 0.253 e. The molecule has 2 unspecified atom stereocenters. The second-order valence-electron chi connectivity index (χ2n) is 7.36. The average Bonchev–Trinajstić information content (AvgIpc) is 2.62. The fraction of sp³-hybridized carbons (Fsp3) is 0.381. The van der Waals surface area contributed by atoms with E-state index < -0.39 is 0 Å². The van der Waals surface area contributed by atoms with Gasteiger partial charge >= 0.3 is 0 Å². The lowest BCUT2D eigenvalue weighted by Crippen LogP contribution is -2.53. The number of nitrogens with zero attached hydrogens (tertiary/aromatic N) is 2. The van der Waals surface area contributed by atoms with E-state index in [2.05, 4.69) is 56.1 Å². The number of fused-ring (bicyclic) bond motifs is 2. The van der Waals surface area contributed by atoms with Gasteiger partial charge in [-0.3, -0.25) is 9.69 Å². The van der Waals surface area contributed by atoms with Crippen molar-refractivity contribution in [1.29, 1.82) is 0 Å². The molecule has 2 aromatic rings. The summed E-state index contributed by atoms with van der Waals surface area (Å²) in [5.74, 6) is 1.37. The van der Waals surface area contributed by atoms with Gasteiger partial charge in [0.15, 0.2) is 0 Å². The van der Waals surface area contributed by atoms with Crippen LogP contribution in [0, 0.1) is 11.8 Å². The zero-order chi connectivity index (χ0) is 17.2. The van der Waals surface area contributed by atoms with Gasteiger partial charge in [0.2, 0.25) is 0 Å². The Bertz CT molecular complexity index is 717. The van der Waals surface area contributed by atoms with Crippen LogP contribution in [-0.2, 0) is 6.54 Å². The molecule has 1 amide bonds. The lowest BCUT2D eigenvalue weighted by molar-refractivity contribution is 0.0238. The van der Waals surface area contributed by atoms with Gasteiger partial charge < -0.3 is 4.90 Å². The van der Waals surface area contributed by atoms with Crippen LogP contribution in [0.25, 0.3) is 0 Å². The lowest BCUT2D eigenvalue weighted by Gasteiger charge is -2.46. The molecule has 0 N–H and O–H groups in total. The van der Waals surface area contributed by atoms with E-state index in [1.807, 2.05) is 24.3 Å². The summed E-state index contributed by atoms with van der Waals surface area (Å²) >= 11 is 3.43. The molecule has 0 saturated carbocycles. The lowest BCUT2D eigenvalue weighted by atomic mass is 9.84. The second-order valence-corrected chi connectivity index (χ2v) is 8.28. The van der Waals surface area contributed by atoms with E-state index in [0.717, 1.165) is 42.8 Å². The Morgan fingerprint density at radius 2 is 1.56 bits per heavy atom. The molecule has 2 aromatic carbocycles. The fourth-order valence-electron chi connectivity index (χ4n) is 4.30. The van der Waals surface area contributed by atoms with E-state index in [9.17, 15) is 4.79 Å². The molecule has 2 aliphatic heterocycles. The third-order valence-corrected chi connectivity index (χ3v) is 5.81. The van der Waals surface area contributed by atoms with Crippen LogP contribution < -0.4 is 0 Å². The van der Waals surface area contributed by atoms with Crippen molar-refractivity contribution in [2.45, 2.75) is 13.0 Å². The number of carbonyl (C=O) groups excluding carboxylic acids is 1. The van der Waals surface area contributed by atoms with Gasteiger partial charge in [-0.1, -0.05) is 46.3 Å². The van der Waals surface area contributed by atoms with Crippen molar-refractivity contribution in [3.63, 3.8) is 0 Å². The minimum atomic E-state index is 0.179. The Hall–Kier alpha value is -1.65. The van der Waals surface area contributed by atoms with Crippen molar-refractivity contribution < 1.29 is 4.79 Å². The number of hydrogen-bond donors (Lipinski definition) is 0. The maximum absolute atomic E-state index is 12.8. The molecule has 130 valence electrons. The zero-order valence-electron chi connectivity index (χ0n) is 14.3. The van der Waals surface area contributed by atoms with Crippen molar-refractivity contribution in [1.82, 2.24) is 9.80 Å². The Morgan fingerprint density at radius 1 is 0.920 bits per heavy atom. The molecule has 2 fully saturated rings. The van der Waals surface area contributed by atoms with E-state index in [1.54, 1.807) is 0 Å². The van der Waals surface area contributed by atoms with Gasteiger partial charge in [0.1, 0.15) is 0 Å². The van der Waals surface area contributed by atoms with E-state index >= 15 is 0 Å². The first-order valence-electron chi connectivity index (χ1n) is 8.98. The number of benzene rings is 2. The highest BCUT2D eigenvalue weighted by atomic mass is 79.9. The molecular weight excluding hydrogens is 376 g/mol. The van der Waals surface area contributed by atoms with Gasteiger partial charge in [-0.25, -0.2) is 0 Å². The van der Waals surface area contributed by atoms with Crippen LogP contribution in [0.5, 0.6) is 0 Å². The van der Waals surface area contributed by atoms with Crippen molar-refractivity contribution in [3.8, 4) is 0 Å². The minimum absolute atomic E-state index is 0.179. The quantitative estimate of drug-likeness (QED) is 0.778. The number of hydrogen-bond acceptors (Lipinski definition) is 2. The number of carbonyl (C=O) groups is 1. The third kappa shape index (κ3) is 3.96. The van der Waals surface area contributed by atoms with Crippen LogP contribution in [0.15, 0.2) is 59.1 Å². The smallest absolute Gasteiger partial charge is 0.253 e. The highest BCUT2D eigenvalue weighted by Crippen LogP contribution is 2.30. The average molecular weight is 399 g/mol. The minimum Gasteiger partial charge on any atom is -0.338 e. The molecule has 0 spiro atoms. The number of amides is 1. The molecule has 2 atom stereocenters. The van der Waals surface area contributed by atoms with Crippen molar-refractivity contribution in [3.05, 3.63) is 70.2 Å². The predicted molar refractivity (Wildman–Crippen MR) is 103 cm³/mol. The van der Waals surface area contributed by atoms with Gasteiger partial charge in [0, 0.05) is 42.8 Å². The maximum atomic E-state index is 12.8. The highest BCUT2D eigenvalue weighted by Gasteiger charge is 2.36. The Kier molecular flexibility index (Phi) is 4.91. The number of rotatable bonds is 3. The van der Waals surface area contributed by atoms with Gasteiger partial charge in [-0.05, 0) is 48.1 Å². The molecule has 4 heteroatoms. The van der Waals surface area contributed by atoms with Crippen LogP contribution in [0.3, 0.4) is 0 Å². The summed E-state index contributed by atoms with van der Waals surface area (Å²) in [5, 5.41) is 0. The molecule has 25 heavy (non-hydrogen) atoms. The monoisotopic (exact) mass is 398 g/mol. The Morgan fingerprint density at radius 3 is 2.20 bits per heavy atom. The van der Waals surface area contributed by atoms with Gasteiger partial charge in [0.05, 0.1) is 0 Å². The molecule has 2 bridgehead atoms. The standard InChI is InChI=1S/C21H23BrN2O/c22-20-8-6-19(7-9-20)21(25)24-14-17-10-18(15-24)13-23(12-17)11-16-4-2-1-3-5-16/h1-9,17-18H,10-15H2. The number of likely N-dealkylation sites (tertiary alicyclic amines) is 2. The Balaban J connectivity index is 1.40. The number of piperidine rings is 2. The molecule has 0 aromatic heterocycles. The summed E-state index contributed by atoms with van der Waals surface area (Å²) in [7, 11) is 0. The van der Waals surface area contributed by atoms with Crippen LogP contribution >= 0.6 is 15.9 Å². The van der Waals surface area contributed by atoms with E-state index in [0.29, 0.717) is 11.8 Å². The molecule has 2 saturated heterocycles. The van der Waals surface area contributed by atoms with E-state index in [1.165, 1.54) is 12.0 Å². The van der Waals surface area contributed by atoms with Crippen LogP contribution in [0.2, 0.25) is 0 Å². The Labute approximate surface area is 157 Å². The van der Waals surface area contributed by atoms with Crippen molar-refractivity contribution in [2.24, 2.45) is 11.8 Å². The van der Waals surface area contributed by atoms with Crippen LogP contribution in [0.1, 0.15) is 22.3 Å². The largest absolute Gasteiger partial charge is 0.338 e. The van der Waals surface area contributed by atoms with E-state index in [4.69, 9.17) is 0 Å². The summed E-state index contributed by atoms with van der Waals surface area (Å²) in [5.41, 5.74) is 2.18. The molecular formula is C21H23BrN2O. The fourth-order valence-corrected chi connectivity index (χ4v) is 4.56. The molecule has 4 rings (SSSR count). The highest BCUT2D eigenvalue weighted by molar-refractivity contribution is 9.10. The summed E-state index contributed by atoms with van der Waals surface area (Å²) in [6.45, 7) is 4.98. The summed E-state index contributed by atoms with van der Waals surface area (Å²) < 4.78 is 1.01. The first-order valence-corrected chi connectivity index (χ1v) is 9.78. The first kappa shape index (κ1) is 16.8. The normalized spacial score (nSPS) is 23.5. The van der Waals surface area contributed by atoms with Gasteiger partial charge in [-0.15, -0.1) is 0 Å². The molecule has 3 nitrogen and oxygen atoms in total. The molecule has 2 heterocycles. The van der Waals surface area contributed by atoms with Gasteiger partial charge in [0.25, 0.3) is 5.91 Å². The van der Waals surface area contributed by atoms with Crippen molar-refractivity contribution >= 4 is 21.8 Å². The molecule has 2 aliphatic rings. The topological polar surface area (TPSA) is 23.6 Å². The summed E-state index contributed by atoms with van der Waals surface area (Å²) in [4.78, 5) is 17.4. The SMILES string of the molecule is O=C(c1ccc(Br)cc1)N1CC2CC(CN(Cc3ccccc3)C2)C1. The van der Waals surface area contributed by atoms with Crippen molar-refractivity contribution in [2.75, 3.05) is 26.2 Å². The van der Waals surface area contributed by atoms with Crippen LogP contribution in [-0.4, -0.2) is 41.9 Å². The summed E-state index contributed by atoms with van der Waals surface area (Å²) in [6.07, 6.45) is 1.26. The second kappa shape index (κ2) is 7.30.